The highest BCUT2D eigenvalue weighted by atomic mass is 16.2. The van der Waals surface area contributed by atoms with Gasteiger partial charge >= 0.3 is 6.03 Å². The molecule has 1 unspecified atom stereocenters. The highest BCUT2D eigenvalue weighted by Gasteiger charge is 2.44. The molecule has 0 aliphatic carbocycles. The van der Waals surface area contributed by atoms with Gasteiger partial charge < -0.3 is 24.4 Å². The summed E-state index contributed by atoms with van der Waals surface area (Å²) in [6.45, 7) is 9.40. The molecule has 3 saturated heterocycles. The fraction of sp³-hybridized carbons (Fsp3) is 0.424. The molecular weight excluding hydrogens is 552 g/mol. The molecule has 44 heavy (non-hydrogen) atoms. The molecule has 1 N–H and O–H groups in total. The molecule has 11 nitrogen and oxygen atoms in total. The Balaban J connectivity index is 0.916. The van der Waals surface area contributed by atoms with Gasteiger partial charge in [-0.3, -0.25) is 0 Å². The second-order valence-corrected chi connectivity index (χ2v) is 13.1. The van der Waals surface area contributed by atoms with E-state index in [9.17, 15) is 4.79 Å². The Morgan fingerprint density at radius 2 is 1.70 bits per heavy atom. The Morgan fingerprint density at radius 3 is 2.52 bits per heavy atom. The number of anilines is 2. The molecule has 3 aliphatic heterocycles. The normalized spacial score (nSPS) is 21.7. The Bertz CT molecular complexity index is 1840. The van der Waals surface area contributed by atoms with E-state index < -0.39 is 0 Å². The van der Waals surface area contributed by atoms with E-state index >= 15 is 0 Å². The number of hydrogen-bond acceptors (Lipinski definition) is 7. The number of carbonyl (C=O) groups is 1. The highest BCUT2D eigenvalue weighted by Crippen LogP contribution is 2.37. The number of benzene rings is 1. The van der Waals surface area contributed by atoms with Gasteiger partial charge in [-0.2, -0.15) is 5.10 Å². The van der Waals surface area contributed by atoms with E-state index in [-0.39, 0.29) is 17.0 Å². The van der Waals surface area contributed by atoms with E-state index in [1.54, 1.807) is 6.20 Å². The summed E-state index contributed by atoms with van der Waals surface area (Å²) in [6.07, 6.45) is 13.1. The minimum Gasteiger partial charge on any atom is -0.369 e. The van der Waals surface area contributed by atoms with Gasteiger partial charge in [0, 0.05) is 75.9 Å². The fourth-order valence-electron chi connectivity index (χ4n) is 7.40. The molecule has 7 heterocycles. The SMILES string of the molecule is Cc1cc(N2CCC(C)(c3ccccc3)C2)cn2nc(CCN3CC4(CCN(c5nccn6ccnc56)CC4)NC3=O)nc12. The second kappa shape index (κ2) is 10.2. The Morgan fingerprint density at radius 1 is 0.932 bits per heavy atom. The topological polar surface area (TPSA) is 99.2 Å². The molecule has 4 aromatic heterocycles. The lowest BCUT2D eigenvalue weighted by Gasteiger charge is -2.39. The van der Waals surface area contributed by atoms with Crippen LogP contribution in [0.1, 0.15) is 43.1 Å². The van der Waals surface area contributed by atoms with Gasteiger partial charge in [0.25, 0.3) is 0 Å². The van der Waals surface area contributed by atoms with Crippen molar-refractivity contribution in [1.82, 2.24) is 39.2 Å². The average Bonchev–Trinajstić information content (AvgIpc) is 3.83. The number of nitrogens with zero attached hydrogens (tertiary/aromatic N) is 9. The first-order valence-corrected chi connectivity index (χ1v) is 15.6. The summed E-state index contributed by atoms with van der Waals surface area (Å²) in [5, 5.41) is 8.17. The maximum atomic E-state index is 13.1. The highest BCUT2D eigenvalue weighted by molar-refractivity contribution is 5.78. The summed E-state index contributed by atoms with van der Waals surface area (Å²) in [5.41, 5.74) is 5.35. The van der Waals surface area contributed by atoms with Gasteiger partial charge in [0.15, 0.2) is 22.9 Å². The summed E-state index contributed by atoms with van der Waals surface area (Å²) in [4.78, 5) is 33.7. The fourth-order valence-corrected chi connectivity index (χ4v) is 7.40. The third kappa shape index (κ3) is 4.61. The van der Waals surface area contributed by atoms with E-state index in [2.05, 4.69) is 81.5 Å². The predicted octanol–water partition coefficient (Wildman–Crippen LogP) is 3.86. The molecule has 8 rings (SSSR count). The van der Waals surface area contributed by atoms with Gasteiger partial charge in [-0.05, 0) is 43.4 Å². The van der Waals surface area contributed by atoms with Crippen LogP contribution in [-0.4, -0.2) is 84.7 Å². The number of aryl methyl sites for hydroxylation is 1. The predicted molar refractivity (Wildman–Crippen MR) is 169 cm³/mol. The van der Waals surface area contributed by atoms with Crippen molar-refractivity contribution in [2.24, 2.45) is 0 Å². The van der Waals surface area contributed by atoms with Gasteiger partial charge in [0.05, 0.1) is 17.4 Å². The van der Waals surface area contributed by atoms with Gasteiger partial charge in [-0.15, -0.1) is 0 Å². The van der Waals surface area contributed by atoms with Crippen LogP contribution >= 0.6 is 0 Å². The zero-order valence-electron chi connectivity index (χ0n) is 25.4. The number of urea groups is 1. The van der Waals surface area contributed by atoms with Crippen LogP contribution in [0.15, 0.2) is 67.4 Å². The Hall–Kier alpha value is -4.67. The lowest BCUT2D eigenvalue weighted by Crippen LogP contribution is -2.52. The molecule has 0 saturated carbocycles. The number of pyridine rings is 1. The summed E-state index contributed by atoms with van der Waals surface area (Å²) in [5.74, 6) is 1.67. The molecule has 2 amide bonds. The Labute approximate surface area is 256 Å². The lowest BCUT2D eigenvalue weighted by molar-refractivity contribution is 0.217. The number of rotatable bonds is 6. The molecule has 11 heteroatoms. The van der Waals surface area contributed by atoms with Crippen molar-refractivity contribution < 1.29 is 4.79 Å². The quantitative estimate of drug-likeness (QED) is 0.321. The van der Waals surface area contributed by atoms with Crippen LogP contribution in [0, 0.1) is 6.92 Å². The van der Waals surface area contributed by atoms with Crippen LogP contribution in [-0.2, 0) is 11.8 Å². The molecule has 0 bridgehead atoms. The monoisotopic (exact) mass is 590 g/mol. The number of aromatic nitrogens is 6. The molecule has 1 aromatic carbocycles. The molecule has 226 valence electrons. The van der Waals surface area contributed by atoms with E-state index in [1.165, 1.54) is 11.3 Å². The first-order valence-electron chi connectivity index (χ1n) is 15.6. The van der Waals surface area contributed by atoms with Gasteiger partial charge in [0.2, 0.25) is 0 Å². The maximum absolute atomic E-state index is 13.1. The smallest absolute Gasteiger partial charge is 0.317 e. The number of imidazole rings is 1. The van der Waals surface area contributed by atoms with E-state index in [1.807, 2.05) is 32.4 Å². The van der Waals surface area contributed by atoms with Crippen LogP contribution in [0.5, 0.6) is 0 Å². The summed E-state index contributed by atoms with van der Waals surface area (Å²) in [7, 11) is 0. The van der Waals surface area contributed by atoms with Crippen LogP contribution in [0.4, 0.5) is 16.3 Å². The number of nitrogens with one attached hydrogen (secondary N) is 1. The number of fused-ring (bicyclic) bond motifs is 2. The van der Waals surface area contributed by atoms with Crippen molar-refractivity contribution in [3.63, 3.8) is 0 Å². The minimum absolute atomic E-state index is 0.00432. The number of amides is 2. The molecule has 5 aromatic rings. The van der Waals surface area contributed by atoms with Crippen LogP contribution in [0.3, 0.4) is 0 Å². The number of carbonyl (C=O) groups excluding carboxylic acids is 1. The maximum Gasteiger partial charge on any atom is 0.317 e. The van der Waals surface area contributed by atoms with Gasteiger partial charge in [0.1, 0.15) is 0 Å². The van der Waals surface area contributed by atoms with Crippen molar-refractivity contribution in [1.29, 1.82) is 0 Å². The minimum atomic E-state index is -0.212. The van der Waals surface area contributed by atoms with Crippen molar-refractivity contribution >= 4 is 28.8 Å². The molecule has 3 aliphatic rings. The van der Waals surface area contributed by atoms with E-state index in [4.69, 9.17) is 10.1 Å². The van der Waals surface area contributed by atoms with Gasteiger partial charge in [-0.25, -0.2) is 24.3 Å². The summed E-state index contributed by atoms with van der Waals surface area (Å²) in [6, 6.07) is 13.1. The number of piperidine rings is 1. The van der Waals surface area contributed by atoms with Crippen molar-refractivity contribution in [2.75, 3.05) is 49.1 Å². The van der Waals surface area contributed by atoms with Crippen molar-refractivity contribution in [2.45, 2.75) is 50.5 Å². The van der Waals surface area contributed by atoms with Crippen LogP contribution in [0.2, 0.25) is 0 Å². The third-order valence-corrected chi connectivity index (χ3v) is 10.0. The summed E-state index contributed by atoms with van der Waals surface area (Å²) < 4.78 is 3.92. The molecule has 3 fully saturated rings. The zero-order valence-corrected chi connectivity index (χ0v) is 25.4. The standard InChI is InChI=1S/C33H38N10O/c1-24-20-26(41-15-9-32(2,22-41)25-6-4-3-5-7-25)21-43-28(24)36-27(38-43)8-14-42-23-33(37-31(42)44)10-16-39(17-11-33)29-30-35-13-19-40(30)18-12-34-29/h3-7,12-13,18-21H,8-11,14-17,22-23H2,1-2H3,(H,37,44). The largest absolute Gasteiger partial charge is 0.369 e. The van der Waals surface area contributed by atoms with Crippen LogP contribution < -0.4 is 15.1 Å². The second-order valence-electron chi connectivity index (χ2n) is 13.1. The molecular formula is C33H38N10O. The Kier molecular flexibility index (Phi) is 6.25. The van der Waals surface area contributed by atoms with E-state index in [0.29, 0.717) is 19.5 Å². The van der Waals surface area contributed by atoms with Crippen LogP contribution in [0.25, 0.3) is 11.3 Å². The first-order chi connectivity index (χ1) is 21.4. The van der Waals surface area contributed by atoms with E-state index in [0.717, 1.165) is 73.9 Å². The first kappa shape index (κ1) is 26.9. The zero-order chi connectivity index (χ0) is 29.9. The van der Waals surface area contributed by atoms with Crippen molar-refractivity contribution in [3.8, 4) is 0 Å². The molecule has 0 radical (unpaired) electrons. The average molecular weight is 591 g/mol. The molecule has 1 atom stereocenters. The third-order valence-electron chi connectivity index (χ3n) is 10.0. The summed E-state index contributed by atoms with van der Waals surface area (Å²) >= 11 is 0. The number of hydrogen-bond donors (Lipinski definition) is 1. The van der Waals surface area contributed by atoms with Crippen molar-refractivity contribution in [3.05, 3.63) is 84.3 Å². The van der Waals surface area contributed by atoms with Gasteiger partial charge in [-0.1, -0.05) is 37.3 Å². The lowest BCUT2D eigenvalue weighted by atomic mass is 9.82. The molecule has 1 spiro atoms.